The van der Waals surface area contributed by atoms with E-state index in [1.54, 1.807) is 24.0 Å². The standard InChI is InChI=1S/C25H27FN4O6S3/c1-12-7-13(3-6-17(12)26)10-30-20-15-5-4-14(8-15)18(20)21(31)19(25(30)32)23-28-24-22(39(35,36)29-23)16(11-37-24)9-27-38(2,33)34/h3,6-7,11,14-15,18,20,27,31H,4-5,8-10H2,1-2H3,(H,28,29)/t14-,15+,18?,20?/m0/s1. The molecule has 2 fully saturated rings. The van der Waals surface area contributed by atoms with Crippen LogP contribution in [0.4, 0.5) is 9.39 Å². The molecule has 0 radical (unpaired) electrons. The number of aliphatic hydroxyl groups excluding tert-OH is 1. The number of aliphatic hydroxyl groups is 1. The van der Waals surface area contributed by atoms with Crippen LogP contribution in [-0.2, 0) is 37.9 Å². The summed E-state index contributed by atoms with van der Waals surface area (Å²) in [6.07, 6.45) is 3.69. The number of hydrogen-bond acceptors (Lipinski definition) is 8. The van der Waals surface area contributed by atoms with Crippen molar-refractivity contribution in [3.05, 3.63) is 57.4 Å². The molecule has 39 heavy (non-hydrogen) atoms. The van der Waals surface area contributed by atoms with Crippen molar-refractivity contribution in [3.63, 3.8) is 0 Å². The third-order valence-corrected chi connectivity index (χ3v) is 11.3. The number of hydrogen-bond donors (Lipinski definition) is 3. The van der Waals surface area contributed by atoms with Crippen LogP contribution in [0.1, 0.15) is 36.0 Å². The third-order valence-electron chi connectivity index (χ3n) is 8.13. The van der Waals surface area contributed by atoms with Crippen molar-refractivity contribution in [1.82, 2.24) is 9.62 Å². The topological polar surface area (TPSA) is 145 Å². The average molecular weight is 595 g/mol. The van der Waals surface area contributed by atoms with Crippen LogP contribution in [0.15, 0.2) is 44.2 Å². The number of nitrogens with one attached hydrogen (secondary N) is 2. The Kier molecular flexibility index (Phi) is 6.17. The van der Waals surface area contributed by atoms with Gasteiger partial charge in [0.15, 0.2) is 5.84 Å². The van der Waals surface area contributed by atoms with Gasteiger partial charge in [0.2, 0.25) is 10.0 Å². The number of benzene rings is 1. The maximum atomic E-state index is 14.0. The summed E-state index contributed by atoms with van der Waals surface area (Å²) in [5.41, 5.74) is 1.24. The van der Waals surface area contributed by atoms with Gasteiger partial charge in [-0.05, 0) is 60.6 Å². The molecule has 1 aromatic heterocycles. The first-order chi connectivity index (χ1) is 18.3. The van der Waals surface area contributed by atoms with Gasteiger partial charge >= 0.3 is 0 Å². The Morgan fingerprint density at radius 2 is 2.03 bits per heavy atom. The minimum atomic E-state index is -4.32. The Balaban J connectivity index is 1.39. The van der Waals surface area contributed by atoms with E-state index in [1.165, 1.54) is 11.4 Å². The highest BCUT2D eigenvalue weighted by Gasteiger charge is 2.57. The highest BCUT2D eigenvalue weighted by molar-refractivity contribution is 7.91. The Labute approximate surface area is 229 Å². The molecule has 2 unspecified atom stereocenters. The summed E-state index contributed by atoms with van der Waals surface area (Å²) in [6, 6.07) is 4.44. The Bertz CT molecular complexity index is 1680. The number of amidine groups is 1. The summed E-state index contributed by atoms with van der Waals surface area (Å²) < 4.78 is 69.7. The molecule has 10 nitrogen and oxygen atoms in total. The molecule has 2 aromatic rings. The lowest BCUT2D eigenvalue weighted by atomic mass is 9.77. The number of thiophene rings is 1. The maximum absolute atomic E-state index is 14.0. The van der Waals surface area contributed by atoms with Crippen LogP contribution in [-0.4, -0.2) is 50.9 Å². The molecule has 2 aliphatic carbocycles. The van der Waals surface area contributed by atoms with E-state index < -0.39 is 26.0 Å². The minimum absolute atomic E-state index is 0.149. The fourth-order valence-corrected chi connectivity index (χ4v) is 9.56. The van der Waals surface area contributed by atoms with Gasteiger partial charge in [-0.1, -0.05) is 12.1 Å². The molecule has 0 spiro atoms. The number of amides is 1. The van der Waals surface area contributed by atoms with E-state index in [2.05, 4.69) is 14.4 Å². The third kappa shape index (κ3) is 4.46. The number of rotatable bonds is 6. The molecule has 2 saturated carbocycles. The van der Waals surface area contributed by atoms with Gasteiger partial charge in [-0.2, -0.15) is 8.42 Å². The smallest absolute Gasteiger partial charge is 0.287 e. The van der Waals surface area contributed by atoms with Gasteiger partial charge in [-0.25, -0.2) is 17.5 Å². The first-order valence-electron chi connectivity index (χ1n) is 12.5. The molecule has 0 saturated heterocycles. The molecule has 3 N–H and O–H groups in total. The van der Waals surface area contributed by atoms with Crippen molar-refractivity contribution in [2.75, 3.05) is 11.6 Å². The summed E-state index contributed by atoms with van der Waals surface area (Å²) >= 11 is 1.04. The fraction of sp³-hybridized carbons (Fsp3) is 0.440. The van der Waals surface area contributed by atoms with Gasteiger partial charge in [0, 0.05) is 30.6 Å². The van der Waals surface area contributed by atoms with E-state index in [1.807, 2.05) is 0 Å². The lowest BCUT2D eigenvalue weighted by molar-refractivity contribution is -0.134. The first-order valence-corrected chi connectivity index (χ1v) is 16.7. The average Bonchev–Trinajstić information content (AvgIpc) is 3.57. The first kappa shape index (κ1) is 26.4. The van der Waals surface area contributed by atoms with E-state index >= 15 is 0 Å². The van der Waals surface area contributed by atoms with E-state index in [0.29, 0.717) is 5.56 Å². The number of carbonyl (C=O) groups is 1. The second kappa shape index (κ2) is 9.11. The summed E-state index contributed by atoms with van der Waals surface area (Å²) in [5.74, 6) is -1.25. The lowest BCUT2D eigenvalue weighted by Gasteiger charge is -2.44. The number of carbonyl (C=O) groups excluding carboxylic acids is 1. The van der Waals surface area contributed by atoms with Crippen LogP contribution in [0, 0.1) is 30.5 Å². The summed E-state index contributed by atoms with van der Waals surface area (Å²) in [6.45, 7) is 1.60. The van der Waals surface area contributed by atoms with Crippen LogP contribution in [0.5, 0.6) is 0 Å². The van der Waals surface area contributed by atoms with Crippen molar-refractivity contribution in [1.29, 1.82) is 0 Å². The molecule has 3 heterocycles. The van der Waals surface area contributed by atoms with E-state index in [9.17, 15) is 31.1 Å². The molecule has 2 aliphatic heterocycles. The molecule has 4 atom stereocenters. The second-order valence-electron chi connectivity index (χ2n) is 10.7. The van der Waals surface area contributed by atoms with Crippen molar-refractivity contribution in [2.24, 2.45) is 22.2 Å². The quantitative estimate of drug-likeness (QED) is 0.466. The Hall–Kier alpha value is -2.81. The highest BCUT2D eigenvalue weighted by atomic mass is 32.2. The van der Waals surface area contributed by atoms with Crippen LogP contribution in [0.25, 0.3) is 0 Å². The molecule has 4 aliphatic rings. The summed E-state index contributed by atoms with van der Waals surface area (Å²) in [5, 5.41) is 16.1. The van der Waals surface area contributed by atoms with Crippen LogP contribution in [0.2, 0.25) is 0 Å². The lowest BCUT2D eigenvalue weighted by Crippen LogP contribution is -2.53. The van der Waals surface area contributed by atoms with Crippen LogP contribution < -0.4 is 10.0 Å². The number of halogens is 1. The zero-order valence-corrected chi connectivity index (χ0v) is 23.6. The Morgan fingerprint density at radius 3 is 2.74 bits per heavy atom. The molecular formula is C25H27FN4O6S3. The Morgan fingerprint density at radius 1 is 1.28 bits per heavy atom. The van der Waals surface area contributed by atoms with E-state index in [0.717, 1.165) is 42.4 Å². The maximum Gasteiger partial charge on any atom is 0.287 e. The molecular weight excluding hydrogens is 567 g/mol. The number of sulfonamides is 2. The van der Waals surface area contributed by atoms with Crippen molar-refractivity contribution in [3.8, 4) is 0 Å². The molecule has 2 bridgehead atoms. The number of anilines is 1. The van der Waals surface area contributed by atoms with E-state index in [-0.39, 0.29) is 75.3 Å². The molecule has 1 amide bonds. The second-order valence-corrected chi connectivity index (χ2v) is 14.9. The predicted octanol–water partition coefficient (Wildman–Crippen LogP) is 3.03. The molecule has 14 heteroatoms. The van der Waals surface area contributed by atoms with Crippen molar-refractivity contribution < 1.29 is 31.1 Å². The van der Waals surface area contributed by atoms with Gasteiger partial charge in [0.05, 0.1) is 6.26 Å². The van der Waals surface area contributed by atoms with Crippen LogP contribution >= 0.6 is 11.3 Å². The molecule has 208 valence electrons. The van der Waals surface area contributed by atoms with Gasteiger partial charge in [0.1, 0.15) is 27.0 Å². The van der Waals surface area contributed by atoms with Gasteiger partial charge in [-0.3, -0.25) is 4.79 Å². The van der Waals surface area contributed by atoms with Crippen molar-refractivity contribution >= 4 is 48.1 Å². The fourth-order valence-electron chi connectivity index (χ4n) is 6.54. The SMILES string of the molecule is Cc1cc(CN2C(=O)C(C3=NS(=O)(=O)c4c(CNS(C)(=O)=O)csc4N3)=C(O)C3C2[C@@H]2CC[C@H]3C2)ccc1F. The van der Waals surface area contributed by atoms with Crippen LogP contribution in [0.3, 0.4) is 0 Å². The highest BCUT2D eigenvalue weighted by Crippen LogP contribution is 2.55. The monoisotopic (exact) mass is 594 g/mol. The van der Waals surface area contributed by atoms with Gasteiger partial charge in [0.25, 0.3) is 15.9 Å². The number of aryl methyl sites for hydroxylation is 1. The molecule has 1 aromatic carbocycles. The zero-order valence-electron chi connectivity index (χ0n) is 21.1. The summed E-state index contributed by atoms with van der Waals surface area (Å²) in [4.78, 5) is 15.5. The predicted molar refractivity (Wildman–Crippen MR) is 144 cm³/mol. The largest absolute Gasteiger partial charge is 0.511 e. The molecule has 6 rings (SSSR count). The number of nitrogens with zero attached hydrogens (tertiary/aromatic N) is 2. The summed E-state index contributed by atoms with van der Waals surface area (Å²) in [7, 11) is -7.88. The van der Waals surface area contributed by atoms with Crippen molar-refractivity contribution in [2.45, 2.75) is 50.2 Å². The minimum Gasteiger partial charge on any atom is -0.511 e. The van der Waals surface area contributed by atoms with Gasteiger partial charge < -0.3 is 15.3 Å². The zero-order chi connectivity index (χ0) is 27.9. The van der Waals surface area contributed by atoms with E-state index in [4.69, 9.17) is 0 Å². The number of fused-ring (bicyclic) bond motifs is 6. The van der Waals surface area contributed by atoms with Gasteiger partial charge in [-0.15, -0.1) is 15.7 Å². The normalized spacial score (nSPS) is 27.3.